The number of carbonyl (C=O) groups excluding carboxylic acids is 1. The summed E-state index contributed by atoms with van der Waals surface area (Å²) in [5.41, 5.74) is 2.09. The first-order valence-electron chi connectivity index (χ1n) is 8.15. The maximum absolute atomic E-state index is 13.9. The van der Waals surface area contributed by atoms with Crippen molar-refractivity contribution in [3.8, 4) is 0 Å². The molecule has 0 aliphatic carbocycles. The van der Waals surface area contributed by atoms with E-state index in [0.29, 0.717) is 16.9 Å². The van der Waals surface area contributed by atoms with Gasteiger partial charge in [0.25, 0.3) is 0 Å². The first kappa shape index (κ1) is 18.1. The highest BCUT2D eigenvalue weighted by Gasteiger charge is 2.18. The average molecular weight is 361 g/mol. The molecule has 3 rings (SSSR count). The standard InChI is InChI=1S/C22H16FNO3/c1-14(21(25)18-7-2-4-8-19(18)23)17-6-3-5-9-20(17)24-16-12-10-15(11-13-16)22(26)27/h2-13,24H,1H2,(H,26,27). The van der Waals surface area contributed by atoms with Crippen LogP contribution in [0.4, 0.5) is 15.8 Å². The maximum atomic E-state index is 13.9. The van der Waals surface area contributed by atoms with Crippen molar-refractivity contribution in [2.45, 2.75) is 0 Å². The van der Waals surface area contributed by atoms with Crippen molar-refractivity contribution in [2.75, 3.05) is 5.32 Å². The quantitative estimate of drug-likeness (QED) is 0.470. The normalized spacial score (nSPS) is 10.3. The summed E-state index contributed by atoms with van der Waals surface area (Å²) in [5, 5.41) is 12.1. The van der Waals surface area contributed by atoms with E-state index in [1.54, 1.807) is 42.5 Å². The number of carbonyl (C=O) groups is 2. The van der Waals surface area contributed by atoms with Crippen molar-refractivity contribution in [1.82, 2.24) is 0 Å². The van der Waals surface area contributed by atoms with Crippen molar-refractivity contribution < 1.29 is 19.1 Å². The molecule has 0 heterocycles. The van der Waals surface area contributed by atoms with E-state index in [0.717, 1.165) is 0 Å². The minimum absolute atomic E-state index is 0.0388. The van der Waals surface area contributed by atoms with Crippen LogP contribution in [0.5, 0.6) is 0 Å². The van der Waals surface area contributed by atoms with E-state index >= 15 is 0 Å². The number of carboxylic acids is 1. The maximum Gasteiger partial charge on any atom is 0.335 e. The number of ketones is 1. The number of nitrogens with one attached hydrogen (secondary N) is 1. The number of anilines is 2. The largest absolute Gasteiger partial charge is 0.478 e. The second-order valence-corrected chi connectivity index (χ2v) is 5.84. The van der Waals surface area contributed by atoms with Crippen LogP contribution in [0.2, 0.25) is 0 Å². The van der Waals surface area contributed by atoms with Crippen LogP contribution in [-0.4, -0.2) is 16.9 Å². The van der Waals surface area contributed by atoms with Gasteiger partial charge in [-0.2, -0.15) is 0 Å². The molecule has 27 heavy (non-hydrogen) atoms. The van der Waals surface area contributed by atoms with Gasteiger partial charge in [-0.1, -0.05) is 36.9 Å². The van der Waals surface area contributed by atoms with E-state index in [1.165, 1.54) is 30.3 Å². The lowest BCUT2D eigenvalue weighted by atomic mass is 9.96. The Morgan fingerprint density at radius 1 is 0.852 bits per heavy atom. The van der Waals surface area contributed by atoms with Crippen molar-refractivity contribution >= 4 is 28.7 Å². The van der Waals surface area contributed by atoms with Gasteiger partial charge >= 0.3 is 5.97 Å². The molecule has 3 aromatic carbocycles. The first-order valence-corrected chi connectivity index (χ1v) is 8.15. The summed E-state index contributed by atoms with van der Waals surface area (Å²) in [5.74, 6) is -2.10. The molecule has 0 radical (unpaired) electrons. The van der Waals surface area contributed by atoms with Crippen molar-refractivity contribution in [2.24, 2.45) is 0 Å². The van der Waals surface area contributed by atoms with Gasteiger partial charge in [0.05, 0.1) is 11.1 Å². The van der Waals surface area contributed by atoms with Crippen LogP contribution in [0.3, 0.4) is 0 Å². The molecule has 0 aliphatic heterocycles. The third-order valence-electron chi connectivity index (χ3n) is 4.06. The van der Waals surface area contributed by atoms with Crippen LogP contribution in [0.1, 0.15) is 26.3 Å². The van der Waals surface area contributed by atoms with E-state index in [1.807, 2.05) is 0 Å². The lowest BCUT2D eigenvalue weighted by Gasteiger charge is -2.14. The molecule has 3 aromatic rings. The zero-order valence-electron chi connectivity index (χ0n) is 14.3. The molecule has 134 valence electrons. The smallest absolute Gasteiger partial charge is 0.335 e. The highest BCUT2D eigenvalue weighted by molar-refractivity contribution is 6.29. The predicted molar refractivity (Wildman–Crippen MR) is 103 cm³/mol. The molecule has 0 fully saturated rings. The number of halogens is 1. The van der Waals surface area contributed by atoms with Crippen LogP contribution in [0, 0.1) is 5.82 Å². The third-order valence-corrected chi connectivity index (χ3v) is 4.06. The first-order chi connectivity index (χ1) is 13.0. The Labute approximate surface area is 155 Å². The second-order valence-electron chi connectivity index (χ2n) is 5.84. The van der Waals surface area contributed by atoms with Crippen LogP contribution in [0.15, 0.2) is 79.4 Å². The molecule has 0 amide bonds. The minimum Gasteiger partial charge on any atom is -0.478 e. The van der Waals surface area contributed by atoms with Crippen LogP contribution in [0.25, 0.3) is 5.57 Å². The summed E-state index contributed by atoms with van der Waals surface area (Å²) in [6, 6.07) is 19.0. The minimum atomic E-state index is -1.01. The van der Waals surface area contributed by atoms with Crippen LogP contribution in [-0.2, 0) is 0 Å². The van der Waals surface area contributed by atoms with Gasteiger partial charge in [0.2, 0.25) is 0 Å². The number of hydrogen-bond acceptors (Lipinski definition) is 3. The Hall–Kier alpha value is -3.73. The Bertz CT molecular complexity index is 1030. The molecule has 2 N–H and O–H groups in total. The lowest BCUT2D eigenvalue weighted by Crippen LogP contribution is -2.06. The Morgan fingerprint density at radius 2 is 1.44 bits per heavy atom. The van der Waals surface area contributed by atoms with Crippen molar-refractivity contribution in [3.05, 3.63) is 102 Å². The number of aromatic carboxylic acids is 1. The summed E-state index contributed by atoms with van der Waals surface area (Å²) in [6.07, 6.45) is 0. The lowest BCUT2D eigenvalue weighted by molar-refractivity contribution is 0.0696. The SMILES string of the molecule is C=C(C(=O)c1ccccc1F)c1ccccc1Nc1ccc(C(=O)O)cc1. The van der Waals surface area contributed by atoms with Gasteiger partial charge in [0, 0.05) is 22.5 Å². The summed E-state index contributed by atoms with van der Waals surface area (Å²) < 4.78 is 13.9. The second kappa shape index (κ2) is 7.66. The van der Waals surface area contributed by atoms with E-state index in [2.05, 4.69) is 11.9 Å². The number of hydrogen-bond donors (Lipinski definition) is 2. The number of benzene rings is 3. The molecule has 5 heteroatoms. The average Bonchev–Trinajstić information content (AvgIpc) is 2.68. The van der Waals surface area contributed by atoms with E-state index < -0.39 is 17.6 Å². The molecule has 0 saturated heterocycles. The number of para-hydroxylation sites is 1. The summed E-state index contributed by atoms with van der Waals surface area (Å²) in [4.78, 5) is 23.6. The fourth-order valence-corrected chi connectivity index (χ4v) is 2.64. The third kappa shape index (κ3) is 3.93. The molecule has 0 bridgehead atoms. The molecule has 0 unspecified atom stereocenters. The van der Waals surface area contributed by atoms with Gasteiger partial charge < -0.3 is 10.4 Å². The molecule has 0 saturated carbocycles. The molecule has 0 aromatic heterocycles. The fourth-order valence-electron chi connectivity index (χ4n) is 2.64. The molecular formula is C22H16FNO3. The molecule has 4 nitrogen and oxygen atoms in total. The molecule has 0 spiro atoms. The zero-order valence-corrected chi connectivity index (χ0v) is 14.3. The topological polar surface area (TPSA) is 66.4 Å². The van der Waals surface area contributed by atoms with Gasteiger partial charge in [-0.25, -0.2) is 9.18 Å². The van der Waals surface area contributed by atoms with Crippen molar-refractivity contribution in [3.63, 3.8) is 0 Å². The number of carboxylic acid groups (broad SMARTS) is 1. The monoisotopic (exact) mass is 361 g/mol. The molecule has 0 atom stereocenters. The predicted octanol–water partition coefficient (Wildman–Crippen LogP) is 5.16. The van der Waals surface area contributed by atoms with E-state index in [4.69, 9.17) is 5.11 Å². The van der Waals surface area contributed by atoms with Crippen LogP contribution < -0.4 is 5.32 Å². The fraction of sp³-hybridized carbons (Fsp3) is 0. The van der Waals surface area contributed by atoms with Gasteiger partial charge in [-0.15, -0.1) is 0 Å². The van der Waals surface area contributed by atoms with Gasteiger partial charge in [0.1, 0.15) is 5.82 Å². The molecule has 0 aliphatic rings. The number of allylic oxidation sites excluding steroid dienone is 1. The van der Waals surface area contributed by atoms with E-state index in [-0.39, 0.29) is 16.7 Å². The Balaban J connectivity index is 1.89. The Kier molecular flexibility index (Phi) is 5.13. The highest BCUT2D eigenvalue weighted by atomic mass is 19.1. The number of Topliss-reactive ketones (excluding diaryl/α,β-unsaturated/α-hetero) is 1. The summed E-state index contributed by atoms with van der Waals surface area (Å²) in [7, 11) is 0. The van der Waals surface area contributed by atoms with E-state index in [9.17, 15) is 14.0 Å². The molecular weight excluding hydrogens is 345 g/mol. The zero-order chi connectivity index (χ0) is 19.4. The van der Waals surface area contributed by atoms with Gasteiger partial charge in [-0.3, -0.25) is 4.79 Å². The summed E-state index contributed by atoms with van der Waals surface area (Å²) in [6.45, 7) is 3.85. The summed E-state index contributed by atoms with van der Waals surface area (Å²) >= 11 is 0. The number of rotatable bonds is 6. The van der Waals surface area contributed by atoms with Crippen molar-refractivity contribution in [1.29, 1.82) is 0 Å². The Morgan fingerprint density at radius 3 is 2.07 bits per heavy atom. The van der Waals surface area contributed by atoms with Gasteiger partial charge in [0.15, 0.2) is 5.78 Å². The van der Waals surface area contributed by atoms with Gasteiger partial charge in [-0.05, 0) is 42.5 Å². The highest BCUT2D eigenvalue weighted by Crippen LogP contribution is 2.29. The van der Waals surface area contributed by atoms with Crippen LogP contribution >= 0.6 is 0 Å².